The van der Waals surface area contributed by atoms with Gasteiger partial charge in [0.1, 0.15) is 5.75 Å². The maximum Gasteiger partial charge on any atom is 0.316 e. The SMILES string of the molecule is CC(C)(C)C(=O)Oc1ccc2c(c1)C=C1CC=CC=C12. The molecule has 0 atom stereocenters. The van der Waals surface area contributed by atoms with Gasteiger partial charge in [0.05, 0.1) is 5.41 Å². The van der Waals surface area contributed by atoms with E-state index in [1.165, 1.54) is 16.7 Å². The van der Waals surface area contributed by atoms with Gasteiger partial charge in [0.2, 0.25) is 0 Å². The van der Waals surface area contributed by atoms with E-state index in [2.05, 4.69) is 24.3 Å². The number of allylic oxidation sites excluding steroid dienone is 5. The molecule has 1 aromatic rings. The summed E-state index contributed by atoms with van der Waals surface area (Å²) < 4.78 is 5.45. The largest absolute Gasteiger partial charge is 0.426 e. The van der Waals surface area contributed by atoms with Gasteiger partial charge in [-0.2, -0.15) is 0 Å². The zero-order valence-electron chi connectivity index (χ0n) is 12.1. The van der Waals surface area contributed by atoms with E-state index in [1.54, 1.807) is 0 Å². The average Bonchev–Trinajstić information content (AvgIpc) is 2.75. The molecule has 102 valence electrons. The Labute approximate surface area is 119 Å². The van der Waals surface area contributed by atoms with Crippen LogP contribution in [-0.2, 0) is 4.79 Å². The number of hydrogen-bond acceptors (Lipinski definition) is 2. The van der Waals surface area contributed by atoms with Crippen LogP contribution >= 0.6 is 0 Å². The van der Waals surface area contributed by atoms with Crippen molar-refractivity contribution in [2.24, 2.45) is 5.41 Å². The van der Waals surface area contributed by atoms with Gasteiger partial charge >= 0.3 is 5.97 Å². The lowest BCUT2D eigenvalue weighted by Gasteiger charge is -2.16. The monoisotopic (exact) mass is 266 g/mol. The van der Waals surface area contributed by atoms with Crippen LogP contribution in [0.1, 0.15) is 38.3 Å². The standard InChI is InChI=1S/C18H18O2/c1-18(2,3)17(19)20-14-8-9-16-13(11-14)10-12-6-4-5-7-15(12)16/h4-5,7-11H,6H2,1-3H3. The van der Waals surface area contributed by atoms with Gasteiger partial charge in [-0.05, 0) is 61.6 Å². The van der Waals surface area contributed by atoms with Gasteiger partial charge in [-0.3, -0.25) is 4.79 Å². The molecule has 0 spiro atoms. The molecule has 0 heterocycles. The quantitative estimate of drug-likeness (QED) is 0.557. The first-order valence-corrected chi connectivity index (χ1v) is 6.89. The van der Waals surface area contributed by atoms with Crippen molar-refractivity contribution in [3.63, 3.8) is 0 Å². The molecule has 0 fully saturated rings. The Bertz CT molecular complexity index is 667. The molecule has 0 bridgehead atoms. The highest BCUT2D eigenvalue weighted by Crippen LogP contribution is 2.40. The van der Waals surface area contributed by atoms with Crippen molar-refractivity contribution < 1.29 is 9.53 Å². The van der Waals surface area contributed by atoms with Gasteiger partial charge in [0.15, 0.2) is 0 Å². The van der Waals surface area contributed by atoms with Gasteiger partial charge in [-0.15, -0.1) is 0 Å². The number of hydrogen-bond donors (Lipinski definition) is 0. The fraction of sp³-hybridized carbons (Fsp3) is 0.278. The van der Waals surface area contributed by atoms with E-state index >= 15 is 0 Å². The Morgan fingerprint density at radius 2 is 2.05 bits per heavy atom. The lowest BCUT2D eigenvalue weighted by atomic mass is 9.97. The van der Waals surface area contributed by atoms with Crippen molar-refractivity contribution in [2.75, 3.05) is 0 Å². The number of rotatable bonds is 1. The van der Waals surface area contributed by atoms with Gasteiger partial charge in [0, 0.05) is 0 Å². The molecular formula is C18H18O2. The third-order valence-corrected chi connectivity index (χ3v) is 3.55. The molecular weight excluding hydrogens is 248 g/mol. The molecule has 0 saturated heterocycles. The first-order valence-electron chi connectivity index (χ1n) is 6.89. The van der Waals surface area contributed by atoms with Crippen molar-refractivity contribution in [1.29, 1.82) is 0 Å². The summed E-state index contributed by atoms with van der Waals surface area (Å²) in [4.78, 5) is 11.9. The minimum Gasteiger partial charge on any atom is -0.426 e. The minimum atomic E-state index is -0.488. The van der Waals surface area contributed by atoms with Crippen LogP contribution in [0, 0.1) is 5.41 Å². The number of benzene rings is 1. The number of esters is 1. The second-order valence-electron chi connectivity index (χ2n) is 6.27. The molecule has 1 aromatic carbocycles. The van der Waals surface area contributed by atoms with Crippen LogP contribution in [0.4, 0.5) is 0 Å². The topological polar surface area (TPSA) is 26.3 Å². The maximum atomic E-state index is 11.9. The predicted octanol–water partition coefficient (Wildman–Crippen LogP) is 4.38. The van der Waals surface area contributed by atoms with Crippen LogP contribution in [0.2, 0.25) is 0 Å². The molecule has 3 rings (SSSR count). The highest BCUT2D eigenvalue weighted by Gasteiger charge is 2.25. The van der Waals surface area contributed by atoms with E-state index in [4.69, 9.17) is 4.74 Å². The van der Waals surface area contributed by atoms with Crippen LogP contribution in [0.5, 0.6) is 5.75 Å². The third kappa shape index (κ3) is 2.22. The first-order chi connectivity index (χ1) is 9.45. The average molecular weight is 266 g/mol. The summed E-state index contributed by atoms with van der Waals surface area (Å²) in [7, 11) is 0. The lowest BCUT2D eigenvalue weighted by Crippen LogP contribution is -2.25. The van der Waals surface area contributed by atoms with Crippen LogP contribution in [0.25, 0.3) is 11.6 Å². The van der Waals surface area contributed by atoms with Gasteiger partial charge in [-0.25, -0.2) is 0 Å². The summed E-state index contributed by atoms with van der Waals surface area (Å²) in [5.74, 6) is 0.411. The van der Waals surface area contributed by atoms with Crippen molar-refractivity contribution >= 4 is 17.6 Å². The van der Waals surface area contributed by atoms with Crippen molar-refractivity contribution in [3.05, 3.63) is 53.1 Å². The second kappa shape index (κ2) is 4.48. The molecule has 2 aliphatic rings. The third-order valence-electron chi connectivity index (χ3n) is 3.55. The Morgan fingerprint density at radius 3 is 2.80 bits per heavy atom. The molecule has 20 heavy (non-hydrogen) atoms. The Morgan fingerprint density at radius 1 is 1.25 bits per heavy atom. The fourth-order valence-electron chi connectivity index (χ4n) is 2.39. The summed E-state index contributed by atoms with van der Waals surface area (Å²) in [6.45, 7) is 5.57. The summed E-state index contributed by atoms with van der Waals surface area (Å²) in [6.07, 6.45) is 9.54. The zero-order chi connectivity index (χ0) is 14.3. The molecule has 0 aliphatic heterocycles. The van der Waals surface area contributed by atoms with E-state index in [0.29, 0.717) is 5.75 Å². The van der Waals surface area contributed by atoms with Gasteiger partial charge in [0.25, 0.3) is 0 Å². The minimum absolute atomic E-state index is 0.207. The smallest absolute Gasteiger partial charge is 0.316 e. The molecule has 0 radical (unpaired) electrons. The number of carbonyl (C=O) groups is 1. The van der Waals surface area contributed by atoms with E-state index in [0.717, 1.165) is 12.0 Å². The van der Waals surface area contributed by atoms with Crippen LogP contribution in [0.15, 0.2) is 42.0 Å². The van der Waals surface area contributed by atoms with E-state index < -0.39 is 5.41 Å². The highest BCUT2D eigenvalue weighted by atomic mass is 16.5. The Balaban J connectivity index is 1.90. The lowest BCUT2D eigenvalue weighted by molar-refractivity contribution is -0.142. The molecule has 0 saturated carbocycles. The number of ether oxygens (including phenoxy) is 1. The maximum absolute atomic E-state index is 11.9. The predicted molar refractivity (Wildman–Crippen MR) is 81.2 cm³/mol. The molecule has 2 nitrogen and oxygen atoms in total. The summed E-state index contributed by atoms with van der Waals surface area (Å²) >= 11 is 0. The van der Waals surface area contributed by atoms with Crippen LogP contribution in [0.3, 0.4) is 0 Å². The van der Waals surface area contributed by atoms with Gasteiger partial charge < -0.3 is 4.74 Å². The second-order valence-corrected chi connectivity index (χ2v) is 6.27. The van der Waals surface area contributed by atoms with E-state index in [9.17, 15) is 4.79 Å². The van der Waals surface area contributed by atoms with E-state index in [1.807, 2.05) is 39.0 Å². The van der Waals surface area contributed by atoms with Crippen molar-refractivity contribution in [1.82, 2.24) is 0 Å². The summed E-state index contributed by atoms with van der Waals surface area (Å²) in [5.41, 5.74) is 4.49. The normalized spacial score (nSPS) is 16.1. The highest BCUT2D eigenvalue weighted by molar-refractivity contribution is 5.96. The Kier molecular flexibility index (Phi) is 2.89. The summed E-state index contributed by atoms with van der Waals surface area (Å²) in [6, 6.07) is 5.86. The van der Waals surface area contributed by atoms with Crippen molar-refractivity contribution in [3.8, 4) is 5.75 Å². The van der Waals surface area contributed by atoms with Gasteiger partial charge in [-0.1, -0.05) is 30.4 Å². The van der Waals surface area contributed by atoms with E-state index in [-0.39, 0.29) is 5.97 Å². The number of carbonyl (C=O) groups excluding carboxylic acids is 1. The zero-order valence-corrected chi connectivity index (χ0v) is 12.1. The van der Waals surface area contributed by atoms with Crippen molar-refractivity contribution in [2.45, 2.75) is 27.2 Å². The number of fused-ring (bicyclic) bond motifs is 3. The molecule has 0 amide bonds. The molecule has 0 unspecified atom stereocenters. The van der Waals surface area contributed by atoms with Crippen LogP contribution in [-0.4, -0.2) is 5.97 Å². The van der Waals surface area contributed by atoms with Crippen LogP contribution < -0.4 is 4.74 Å². The summed E-state index contributed by atoms with van der Waals surface area (Å²) in [5, 5.41) is 0. The first kappa shape index (κ1) is 12.9. The molecule has 2 aliphatic carbocycles. The fourth-order valence-corrected chi connectivity index (χ4v) is 2.39. The Hall–Kier alpha value is -2.09. The molecule has 0 aromatic heterocycles. The molecule has 0 N–H and O–H groups in total. The molecule has 2 heteroatoms.